The molecule has 0 bridgehead atoms. The molecule has 3 aromatic rings. The first-order valence-corrected chi connectivity index (χ1v) is 9.94. The van der Waals surface area contributed by atoms with Gasteiger partial charge >= 0.3 is 6.18 Å². The first-order valence-electron chi connectivity index (χ1n) is 9.94. The number of aryl methyl sites for hydroxylation is 3. The van der Waals surface area contributed by atoms with E-state index in [1.807, 2.05) is 11.6 Å². The predicted molar refractivity (Wildman–Crippen MR) is 103 cm³/mol. The molecule has 6 nitrogen and oxygen atoms in total. The molecule has 1 saturated heterocycles. The molecule has 0 radical (unpaired) electrons. The van der Waals surface area contributed by atoms with E-state index in [9.17, 15) is 13.2 Å². The lowest BCUT2D eigenvalue weighted by Crippen LogP contribution is -2.33. The van der Waals surface area contributed by atoms with Crippen molar-refractivity contribution >= 4 is 5.65 Å². The van der Waals surface area contributed by atoms with Gasteiger partial charge < -0.3 is 0 Å². The average molecular weight is 406 g/mol. The van der Waals surface area contributed by atoms with E-state index in [0.29, 0.717) is 11.4 Å². The summed E-state index contributed by atoms with van der Waals surface area (Å²) >= 11 is 0. The maximum Gasteiger partial charge on any atom is 0.433 e. The van der Waals surface area contributed by atoms with Crippen LogP contribution >= 0.6 is 0 Å². The van der Waals surface area contributed by atoms with Crippen molar-refractivity contribution in [2.45, 2.75) is 58.8 Å². The normalized spacial score (nSPS) is 16.8. The van der Waals surface area contributed by atoms with Crippen LogP contribution in [0, 0.1) is 13.8 Å². The molecule has 1 fully saturated rings. The van der Waals surface area contributed by atoms with Gasteiger partial charge in [0.1, 0.15) is 5.69 Å². The minimum Gasteiger partial charge on any atom is -0.299 e. The summed E-state index contributed by atoms with van der Waals surface area (Å²) in [5.74, 6) is 0.0204. The van der Waals surface area contributed by atoms with Crippen molar-refractivity contribution in [1.82, 2.24) is 29.3 Å². The Kier molecular flexibility index (Phi) is 5.10. The molecule has 4 heterocycles. The molecule has 0 N–H and O–H groups in total. The van der Waals surface area contributed by atoms with Crippen LogP contribution in [0.5, 0.6) is 0 Å². The number of aromatic nitrogens is 5. The van der Waals surface area contributed by atoms with Gasteiger partial charge in [-0.3, -0.25) is 9.58 Å². The fourth-order valence-corrected chi connectivity index (χ4v) is 4.02. The number of rotatable bonds is 4. The summed E-state index contributed by atoms with van der Waals surface area (Å²) in [6.45, 7) is 9.06. The second-order valence-electron chi connectivity index (χ2n) is 7.77. The number of hydrogen-bond acceptors (Lipinski definition) is 4. The fourth-order valence-electron chi connectivity index (χ4n) is 4.02. The van der Waals surface area contributed by atoms with E-state index in [-0.39, 0.29) is 11.6 Å². The molecule has 0 amide bonds. The summed E-state index contributed by atoms with van der Waals surface area (Å²) in [7, 11) is 0. The molecule has 0 aromatic carbocycles. The summed E-state index contributed by atoms with van der Waals surface area (Å²) in [4.78, 5) is 6.84. The Balaban J connectivity index is 1.51. The van der Waals surface area contributed by atoms with Crippen molar-refractivity contribution in [3.8, 4) is 0 Å². The molecular weight excluding hydrogens is 381 g/mol. The van der Waals surface area contributed by atoms with Gasteiger partial charge in [0.05, 0.1) is 11.4 Å². The van der Waals surface area contributed by atoms with Gasteiger partial charge in [0.25, 0.3) is 0 Å². The molecule has 1 aliphatic heterocycles. The van der Waals surface area contributed by atoms with Crippen LogP contribution in [-0.4, -0.2) is 42.4 Å². The monoisotopic (exact) mass is 406 g/mol. The third kappa shape index (κ3) is 4.01. The highest BCUT2D eigenvalue weighted by Crippen LogP contribution is 2.34. The van der Waals surface area contributed by atoms with Gasteiger partial charge in [0.2, 0.25) is 0 Å². The Hall–Kier alpha value is -2.42. The van der Waals surface area contributed by atoms with Crippen LogP contribution < -0.4 is 0 Å². The number of nitrogens with zero attached hydrogens (tertiary/aromatic N) is 6. The molecule has 9 heteroatoms. The molecule has 0 unspecified atom stereocenters. The number of likely N-dealkylation sites (tertiary alicyclic amines) is 1. The van der Waals surface area contributed by atoms with Crippen molar-refractivity contribution in [1.29, 1.82) is 0 Å². The van der Waals surface area contributed by atoms with E-state index in [1.165, 1.54) is 11.6 Å². The minimum absolute atomic E-state index is 0.0204. The SMILES string of the molecule is CCn1cc(CN2CCC(c3cc(C(F)(F)F)n4nc(C)cc4n3)CC2)c(C)n1. The van der Waals surface area contributed by atoms with Crippen LogP contribution in [0.15, 0.2) is 18.3 Å². The van der Waals surface area contributed by atoms with Crippen LogP contribution in [0.2, 0.25) is 0 Å². The molecule has 29 heavy (non-hydrogen) atoms. The molecule has 0 atom stereocenters. The van der Waals surface area contributed by atoms with Crippen LogP contribution in [0.1, 0.15) is 54.0 Å². The van der Waals surface area contributed by atoms with Crippen molar-refractivity contribution in [2.24, 2.45) is 0 Å². The highest BCUT2D eigenvalue weighted by molar-refractivity contribution is 5.42. The van der Waals surface area contributed by atoms with E-state index >= 15 is 0 Å². The van der Waals surface area contributed by atoms with E-state index in [2.05, 4.69) is 33.2 Å². The number of alkyl halides is 3. The maximum absolute atomic E-state index is 13.5. The van der Waals surface area contributed by atoms with Gasteiger partial charge in [-0.2, -0.15) is 23.4 Å². The van der Waals surface area contributed by atoms with Crippen molar-refractivity contribution in [2.75, 3.05) is 13.1 Å². The van der Waals surface area contributed by atoms with E-state index in [4.69, 9.17) is 0 Å². The Morgan fingerprint density at radius 1 is 1.10 bits per heavy atom. The third-order valence-corrected chi connectivity index (χ3v) is 5.63. The molecule has 1 aliphatic rings. The van der Waals surface area contributed by atoms with Gasteiger partial charge in [0, 0.05) is 42.5 Å². The maximum atomic E-state index is 13.5. The number of piperidine rings is 1. The minimum atomic E-state index is -4.47. The number of hydrogen-bond donors (Lipinski definition) is 0. The summed E-state index contributed by atoms with van der Waals surface area (Å²) in [5, 5.41) is 8.45. The smallest absolute Gasteiger partial charge is 0.299 e. The zero-order chi connectivity index (χ0) is 20.8. The molecule has 156 valence electrons. The quantitative estimate of drug-likeness (QED) is 0.658. The van der Waals surface area contributed by atoms with E-state index in [1.54, 1.807) is 13.0 Å². The summed E-state index contributed by atoms with van der Waals surface area (Å²) in [5.41, 5.74) is 2.79. The summed E-state index contributed by atoms with van der Waals surface area (Å²) in [6.07, 6.45) is -0.816. The Bertz CT molecular complexity index is 1010. The molecule has 0 saturated carbocycles. The number of halogens is 3. The van der Waals surface area contributed by atoms with Crippen LogP contribution in [0.25, 0.3) is 5.65 Å². The highest BCUT2D eigenvalue weighted by atomic mass is 19.4. The zero-order valence-corrected chi connectivity index (χ0v) is 16.9. The lowest BCUT2D eigenvalue weighted by atomic mass is 9.92. The molecule has 0 aliphatic carbocycles. The lowest BCUT2D eigenvalue weighted by Gasteiger charge is -2.31. The van der Waals surface area contributed by atoms with Crippen LogP contribution in [0.4, 0.5) is 13.2 Å². The van der Waals surface area contributed by atoms with Crippen molar-refractivity contribution in [3.05, 3.63) is 46.7 Å². The van der Waals surface area contributed by atoms with Gasteiger partial charge in [-0.25, -0.2) is 9.50 Å². The topological polar surface area (TPSA) is 51.2 Å². The summed E-state index contributed by atoms with van der Waals surface area (Å²) in [6, 6.07) is 2.78. The van der Waals surface area contributed by atoms with Crippen molar-refractivity contribution < 1.29 is 13.2 Å². The van der Waals surface area contributed by atoms with E-state index in [0.717, 1.165) is 49.2 Å². The van der Waals surface area contributed by atoms with Crippen LogP contribution in [-0.2, 0) is 19.3 Å². The molecular formula is C20H25F3N6. The first-order chi connectivity index (χ1) is 13.7. The predicted octanol–water partition coefficient (Wildman–Crippen LogP) is 3.96. The van der Waals surface area contributed by atoms with Gasteiger partial charge in [-0.15, -0.1) is 0 Å². The first kappa shape index (κ1) is 19.9. The number of fused-ring (bicyclic) bond motifs is 1. The van der Waals surface area contributed by atoms with Gasteiger partial charge in [-0.1, -0.05) is 0 Å². The van der Waals surface area contributed by atoms with Crippen LogP contribution in [0.3, 0.4) is 0 Å². The van der Waals surface area contributed by atoms with Gasteiger partial charge in [0.15, 0.2) is 5.65 Å². The lowest BCUT2D eigenvalue weighted by molar-refractivity contribution is -0.142. The zero-order valence-electron chi connectivity index (χ0n) is 16.9. The summed E-state index contributed by atoms with van der Waals surface area (Å²) < 4.78 is 43.5. The van der Waals surface area contributed by atoms with E-state index < -0.39 is 11.9 Å². The molecule has 0 spiro atoms. The second kappa shape index (κ2) is 7.44. The largest absolute Gasteiger partial charge is 0.433 e. The Labute approximate surface area is 167 Å². The average Bonchev–Trinajstić information content (AvgIpc) is 3.22. The standard InChI is InChI=1S/C20H25F3N6/c1-4-28-12-16(14(3)26-28)11-27-7-5-15(6-8-27)17-10-18(20(21,22)23)29-19(24-17)9-13(2)25-29/h9-10,12,15H,4-8,11H2,1-3H3. The Morgan fingerprint density at radius 2 is 1.83 bits per heavy atom. The molecule has 4 rings (SSSR count). The third-order valence-electron chi connectivity index (χ3n) is 5.63. The van der Waals surface area contributed by atoms with Gasteiger partial charge in [-0.05, 0) is 52.8 Å². The Morgan fingerprint density at radius 3 is 2.45 bits per heavy atom. The molecule has 3 aromatic heterocycles. The highest BCUT2D eigenvalue weighted by Gasteiger charge is 2.36. The second-order valence-corrected chi connectivity index (χ2v) is 7.77. The fraction of sp³-hybridized carbons (Fsp3) is 0.550. The van der Waals surface area contributed by atoms with Crippen molar-refractivity contribution in [3.63, 3.8) is 0 Å².